The number of nitrogens with one attached hydrogen (secondary N) is 1. The van der Waals surface area contributed by atoms with E-state index in [-0.39, 0.29) is 5.37 Å². The molecule has 0 bridgehead atoms. The molecule has 0 aromatic carbocycles. The normalized spacial score (nSPS) is 27.7. The van der Waals surface area contributed by atoms with Crippen LogP contribution in [0, 0.1) is 0 Å². The molecule has 70 valence electrons. The molecule has 0 aliphatic carbocycles. The van der Waals surface area contributed by atoms with Gasteiger partial charge in [-0.2, -0.15) is 0 Å². The lowest BCUT2D eigenvalue weighted by Gasteiger charge is -2.06. The molecule has 2 heterocycles. The predicted octanol–water partition coefficient (Wildman–Crippen LogP) is 0.463. The highest BCUT2D eigenvalue weighted by Gasteiger charge is 2.31. The standard InChI is InChI=1S/C7H8N2O3S/c10-7(11)4-2-13-6(9-4)5-1-8-3-12-5/h1,3-4,6,9H,2H2,(H,10,11). The Hall–Kier alpha value is -1.01. The summed E-state index contributed by atoms with van der Waals surface area (Å²) < 4.78 is 5.06. The molecule has 1 aliphatic rings. The van der Waals surface area contributed by atoms with Gasteiger partial charge in [0.2, 0.25) is 0 Å². The van der Waals surface area contributed by atoms with E-state index in [0.717, 1.165) is 0 Å². The third-order valence-electron chi connectivity index (χ3n) is 1.79. The fraction of sp³-hybridized carbons (Fsp3) is 0.429. The molecule has 0 saturated carbocycles. The second kappa shape index (κ2) is 3.39. The van der Waals surface area contributed by atoms with Crippen molar-refractivity contribution in [3.63, 3.8) is 0 Å². The maximum absolute atomic E-state index is 10.6. The van der Waals surface area contributed by atoms with Gasteiger partial charge in [0.15, 0.2) is 12.2 Å². The zero-order valence-electron chi connectivity index (χ0n) is 6.64. The summed E-state index contributed by atoms with van der Waals surface area (Å²) in [5, 5.41) is 11.5. The Morgan fingerprint density at radius 2 is 2.69 bits per heavy atom. The van der Waals surface area contributed by atoms with Crippen LogP contribution in [0.15, 0.2) is 17.0 Å². The molecule has 6 heteroatoms. The van der Waals surface area contributed by atoms with Gasteiger partial charge in [0.05, 0.1) is 6.20 Å². The van der Waals surface area contributed by atoms with E-state index in [4.69, 9.17) is 9.52 Å². The van der Waals surface area contributed by atoms with Crippen LogP contribution < -0.4 is 5.32 Å². The molecule has 2 atom stereocenters. The van der Waals surface area contributed by atoms with Gasteiger partial charge in [-0.05, 0) is 0 Å². The fourth-order valence-corrected chi connectivity index (χ4v) is 2.30. The molecule has 1 saturated heterocycles. The van der Waals surface area contributed by atoms with Crippen molar-refractivity contribution >= 4 is 17.7 Å². The molecule has 0 amide bonds. The zero-order chi connectivity index (χ0) is 9.26. The molecular weight excluding hydrogens is 192 g/mol. The van der Waals surface area contributed by atoms with Gasteiger partial charge in [-0.3, -0.25) is 10.1 Å². The van der Waals surface area contributed by atoms with Crippen LogP contribution in [0.5, 0.6) is 0 Å². The van der Waals surface area contributed by atoms with Gasteiger partial charge in [-0.1, -0.05) is 0 Å². The Bertz CT molecular complexity index is 301. The van der Waals surface area contributed by atoms with Crippen molar-refractivity contribution in [3.05, 3.63) is 18.4 Å². The average Bonchev–Trinajstić information content (AvgIpc) is 2.75. The third-order valence-corrected chi connectivity index (χ3v) is 3.02. The van der Waals surface area contributed by atoms with Crippen molar-refractivity contribution in [2.45, 2.75) is 11.4 Å². The zero-order valence-corrected chi connectivity index (χ0v) is 7.45. The van der Waals surface area contributed by atoms with E-state index in [0.29, 0.717) is 11.5 Å². The average molecular weight is 200 g/mol. The summed E-state index contributed by atoms with van der Waals surface area (Å²) in [6.07, 6.45) is 2.93. The number of thioether (sulfide) groups is 1. The lowest BCUT2D eigenvalue weighted by molar-refractivity contribution is -0.138. The lowest BCUT2D eigenvalue weighted by atomic mass is 10.3. The van der Waals surface area contributed by atoms with Crippen LogP contribution in [0.4, 0.5) is 0 Å². The minimum Gasteiger partial charge on any atom is -0.480 e. The molecule has 0 spiro atoms. The Morgan fingerprint density at radius 3 is 3.23 bits per heavy atom. The van der Waals surface area contributed by atoms with Gasteiger partial charge in [0, 0.05) is 5.75 Å². The van der Waals surface area contributed by atoms with E-state index < -0.39 is 12.0 Å². The maximum Gasteiger partial charge on any atom is 0.321 e. The topological polar surface area (TPSA) is 75.4 Å². The van der Waals surface area contributed by atoms with Crippen LogP contribution in [-0.2, 0) is 4.79 Å². The highest BCUT2D eigenvalue weighted by molar-refractivity contribution is 7.99. The molecule has 2 rings (SSSR count). The molecule has 1 aliphatic heterocycles. The van der Waals surface area contributed by atoms with Crippen molar-refractivity contribution in [2.75, 3.05) is 5.75 Å². The Balaban J connectivity index is 2.03. The summed E-state index contributed by atoms with van der Waals surface area (Å²) in [4.78, 5) is 14.4. The number of aromatic nitrogens is 1. The third kappa shape index (κ3) is 1.68. The number of carboxylic acids is 1. The Labute approximate surface area is 78.5 Å². The van der Waals surface area contributed by atoms with Crippen LogP contribution in [0.3, 0.4) is 0 Å². The first-order chi connectivity index (χ1) is 6.27. The summed E-state index contributed by atoms with van der Waals surface area (Å²) in [6.45, 7) is 0. The Morgan fingerprint density at radius 1 is 1.85 bits per heavy atom. The first kappa shape index (κ1) is 8.58. The largest absolute Gasteiger partial charge is 0.480 e. The summed E-state index contributed by atoms with van der Waals surface area (Å²) in [5.41, 5.74) is 0. The number of nitrogens with zero attached hydrogens (tertiary/aromatic N) is 1. The summed E-state index contributed by atoms with van der Waals surface area (Å²) in [7, 11) is 0. The van der Waals surface area contributed by atoms with Crippen molar-refractivity contribution in [2.24, 2.45) is 0 Å². The minimum atomic E-state index is -0.825. The van der Waals surface area contributed by atoms with Gasteiger partial charge in [0.1, 0.15) is 11.4 Å². The SMILES string of the molecule is O=C(O)C1CSC(c2cnco2)N1. The van der Waals surface area contributed by atoms with Crippen LogP contribution in [-0.4, -0.2) is 27.9 Å². The van der Waals surface area contributed by atoms with Crippen molar-refractivity contribution in [1.82, 2.24) is 10.3 Å². The lowest BCUT2D eigenvalue weighted by Crippen LogP contribution is -2.33. The monoisotopic (exact) mass is 200 g/mol. The first-order valence-corrected chi connectivity index (χ1v) is 4.81. The van der Waals surface area contributed by atoms with E-state index in [1.807, 2.05) is 0 Å². The number of aliphatic carboxylic acids is 1. The first-order valence-electron chi connectivity index (χ1n) is 3.76. The van der Waals surface area contributed by atoms with E-state index in [2.05, 4.69) is 10.3 Å². The number of rotatable bonds is 2. The van der Waals surface area contributed by atoms with Gasteiger partial charge in [-0.25, -0.2) is 4.98 Å². The highest BCUT2D eigenvalue weighted by Crippen LogP contribution is 2.32. The molecule has 13 heavy (non-hydrogen) atoms. The minimum absolute atomic E-state index is 0.0800. The highest BCUT2D eigenvalue weighted by atomic mass is 32.2. The van der Waals surface area contributed by atoms with E-state index in [1.54, 1.807) is 6.20 Å². The second-order valence-electron chi connectivity index (χ2n) is 2.67. The molecule has 1 aromatic rings. The Kier molecular flexibility index (Phi) is 2.24. The van der Waals surface area contributed by atoms with Crippen LogP contribution in [0.2, 0.25) is 0 Å². The molecule has 5 nitrogen and oxygen atoms in total. The van der Waals surface area contributed by atoms with Gasteiger partial charge >= 0.3 is 5.97 Å². The summed E-state index contributed by atoms with van der Waals surface area (Å²) >= 11 is 1.51. The summed E-state index contributed by atoms with van der Waals surface area (Å²) in [6, 6.07) is -0.486. The van der Waals surface area contributed by atoms with E-state index >= 15 is 0 Å². The van der Waals surface area contributed by atoms with Gasteiger partial charge < -0.3 is 9.52 Å². The molecule has 1 aromatic heterocycles. The quantitative estimate of drug-likeness (QED) is 0.722. The van der Waals surface area contributed by atoms with Crippen LogP contribution in [0.1, 0.15) is 11.1 Å². The van der Waals surface area contributed by atoms with Crippen molar-refractivity contribution in [1.29, 1.82) is 0 Å². The van der Waals surface area contributed by atoms with E-state index in [9.17, 15) is 4.79 Å². The second-order valence-corrected chi connectivity index (χ2v) is 3.81. The number of hydrogen-bond donors (Lipinski definition) is 2. The van der Waals surface area contributed by atoms with Crippen molar-refractivity contribution < 1.29 is 14.3 Å². The van der Waals surface area contributed by atoms with Crippen LogP contribution >= 0.6 is 11.8 Å². The number of hydrogen-bond acceptors (Lipinski definition) is 5. The maximum atomic E-state index is 10.6. The fourth-order valence-electron chi connectivity index (χ4n) is 1.13. The number of carbonyl (C=O) groups is 1. The molecule has 0 radical (unpaired) electrons. The van der Waals surface area contributed by atoms with Crippen LogP contribution in [0.25, 0.3) is 0 Å². The van der Waals surface area contributed by atoms with Crippen molar-refractivity contribution in [3.8, 4) is 0 Å². The molecular formula is C7H8N2O3S. The van der Waals surface area contributed by atoms with Gasteiger partial charge in [-0.15, -0.1) is 11.8 Å². The smallest absolute Gasteiger partial charge is 0.321 e. The molecule has 2 N–H and O–H groups in total. The summed E-state index contributed by atoms with van der Waals surface area (Å²) in [5.74, 6) is 0.406. The number of oxazole rings is 1. The van der Waals surface area contributed by atoms with E-state index in [1.165, 1.54) is 18.2 Å². The van der Waals surface area contributed by atoms with Gasteiger partial charge in [0.25, 0.3) is 0 Å². The predicted molar refractivity (Wildman–Crippen MR) is 46.3 cm³/mol. The molecule has 1 fully saturated rings. The number of carboxylic acid groups (broad SMARTS) is 1. The molecule has 2 unspecified atom stereocenters.